The van der Waals surface area contributed by atoms with Gasteiger partial charge in [-0.15, -0.1) is 0 Å². The van der Waals surface area contributed by atoms with E-state index in [1.165, 1.54) is 23.4 Å². The minimum atomic E-state index is -3.01. The maximum absolute atomic E-state index is 15.9. The number of rotatable bonds is 11. The molecule has 3 N–H and O–H groups in total. The molecule has 12 nitrogen and oxygen atoms in total. The number of amides is 2. The quantitative estimate of drug-likeness (QED) is 0.0872. The van der Waals surface area contributed by atoms with Gasteiger partial charge in [0, 0.05) is 29.4 Å². The molecule has 1 aliphatic rings. The van der Waals surface area contributed by atoms with Crippen molar-refractivity contribution >= 4 is 29.6 Å². The van der Waals surface area contributed by atoms with Gasteiger partial charge in [-0.25, -0.2) is 27.9 Å². The van der Waals surface area contributed by atoms with Crippen LogP contribution in [0.25, 0.3) is 16.8 Å². The molecule has 1 fully saturated rings. The van der Waals surface area contributed by atoms with E-state index in [1.54, 1.807) is 12.1 Å². The van der Waals surface area contributed by atoms with Crippen LogP contribution in [-0.2, 0) is 4.74 Å². The van der Waals surface area contributed by atoms with Gasteiger partial charge in [-0.3, -0.25) is 15.1 Å². The fraction of sp³-hybridized carbons (Fsp3) is 0.394. The van der Waals surface area contributed by atoms with Crippen molar-refractivity contribution < 1.29 is 31.9 Å². The van der Waals surface area contributed by atoms with Crippen LogP contribution in [0, 0.1) is 22.5 Å². The summed E-state index contributed by atoms with van der Waals surface area (Å²) in [6, 6.07) is 5.38. The second-order valence-electron chi connectivity index (χ2n) is 13.4. The molecule has 0 spiro atoms. The van der Waals surface area contributed by atoms with Gasteiger partial charge >= 0.3 is 12.6 Å². The molecule has 2 amide bonds. The summed E-state index contributed by atoms with van der Waals surface area (Å²) in [4.78, 5) is 32.0. The van der Waals surface area contributed by atoms with Gasteiger partial charge in [0.15, 0.2) is 17.6 Å². The first-order valence-corrected chi connectivity index (χ1v) is 16.0. The highest BCUT2D eigenvalue weighted by atomic mass is 35.5. The number of carbonyl (C=O) groups is 2. The number of benzene rings is 2. The smallest absolute Gasteiger partial charge is 0.407 e. The fourth-order valence-corrected chi connectivity index (χ4v) is 5.21. The van der Waals surface area contributed by atoms with Gasteiger partial charge in [-0.1, -0.05) is 44.5 Å². The fourth-order valence-electron chi connectivity index (χ4n) is 5.01. The van der Waals surface area contributed by atoms with Gasteiger partial charge in [0.25, 0.3) is 5.91 Å². The first-order chi connectivity index (χ1) is 23.6. The van der Waals surface area contributed by atoms with Crippen molar-refractivity contribution in [1.82, 2.24) is 40.1 Å². The highest BCUT2D eigenvalue weighted by Crippen LogP contribution is 2.35. The molecule has 1 saturated carbocycles. The van der Waals surface area contributed by atoms with E-state index in [0.29, 0.717) is 17.7 Å². The molecule has 5 rings (SSSR count). The molecular weight excluding hydrogens is 682 g/mol. The van der Waals surface area contributed by atoms with Crippen molar-refractivity contribution in [2.75, 3.05) is 13.2 Å². The summed E-state index contributed by atoms with van der Waals surface area (Å²) < 4.78 is 64.9. The van der Waals surface area contributed by atoms with Crippen LogP contribution in [0.15, 0.2) is 55.4 Å². The van der Waals surface area contributed by atoms with Crippen LogP contribution >= 0.6 is 11.6 Å². The van der Waals surface area contributed by atoms with Gasteiger partial charge in [-0.05, 0) is 55.4 Å². The van der Waals surface area contributed by atoms with Crippen LogP contribution in [0.1, 0.15) is 75.5 Å². The molecule has 17 heteroatoms. The van der Waals surface area contributed by atoms with Gasteiger partial charge in [0.05, 0.1) is 28.5 Å². The Balaban J connectivity index is 1.57. The Hall–Kier alpha value is -4.99. The zero-order chi connectivity index (χ0) is 36.4. The third kappa shape index (κ3) is 8.41. The highest BCUT2D eigenvalue weighted by molar-refractivity contribution is 6.32. The molecule has 0 saturated heterocycles. The summed E-state index contributed by atoms with van der Waals surface area (Å²) in [6.45, 7) is 4.52. The largest absolute Gasteiger partial charge is 0.447 e. The third-order valence-electron chi connectivity index (χ3n) is 8.16. The first-order valence-electron chi connectivity index (χ1n) is 15.6. The number of ether oxygens (including phenoxy) is 1. The third-order valence-corrected chi connectivity index (χ3v) is 8.48. The summed E-state index contributed by atoms with van der Waals surface area (Å²) in [5.74, 6) is -4.70. The molecule has 4 aromatic rings. The van der Waals surface area contributed by atoms with Crippen LogP contribution in [0.2, 0.25) is 5.02 Å². The number of carbonyl (C=O) groups excluding carboxylic acids is 2. The number of hydrogen-bond acceptors (Lipinski definition) is 7. The van der Waals surface area contributed by atoms with E-state index in [0.717, 1.165) is 42.3 Å². The number of aromatic nitrogens is 5. The van der Waals surface area contributed by atoms with Crippen molar-refractivity contribution in [3.63, 3.8) is 0 Å². The summed E-state index contributed by atoms with van der Waals surface area (Å²) in [5, 5.41) is 22.5. The predicted octanol–water partition coefficient (Wildman–Crippen LogP) is 6.88. The van der Waals surface area contributed by atoms with Crippen LogP contribution in [0.3, 0.4) is 0 Å². The highest BCUT2D eigenvalue weighted by Gasteiger charge is 2.40. The molecule has 2 aromatic heterocycles. The number of halogens is 5. The average Bonchev–Trinajstić information content (AvgIpc) is 3.41. The lowest BCUT2D eigenvalue weighted by molar-refractivity contribution is 0.0566. The predicted molar refractivity (Wildman–Crippen MR) is 176 cm³/mol. The average molecular weight is 718 g/mol. The van der Waals surface area contributed by atoms with E-state index in [4.69, 9.17) is 21.7 Å². The van der Waals surface area contributed by atoms with Gasteiger partial charge in [0.2, 0.25) is 0 Å². The number of guanidine groups is 1. The minimum Gasteiger partial charge on any atom is -0.447 e. The number of nitrogens with zero attached hydrogens (tertiary/aromatic N) is 6. The molecule has 0 aliphatic heterocycles. The summed E-state index contributed by atoms with van der Waals surface area (Å²) in [6.07, 6.45) is 5.77. The molecule has 266 valence electrons. The number of hydrogen-bond donors (Lipinski definition) is 3. The van der Waals surface area contributed by atoms with Crippen molar-refractivity contribution in [2.24, 2.45) is 5.41 Å². The van der Waals surface area contributed by atoms with E-state index >= 15 is 8.78 Å². The van der Waals surface area contributed by atoms with Crippen molar-refractivity contribution in [1.29, 1.82) is 5.41 Å². The zero-order valence-corrected chi connectivity index (χ0v) is 28.4. The first kappa shape index (κ1) is 36.3. The minimum absolute atomic E-state index is 0.141. The van der Waals surface area contributed by atoms with Crippen molar-refractivity contribution in [3.8, 4) is 16.8 Å². The summed E-state index contributed by atoms with van der Waals surface area (Å²) in [5.41, 5.74) is -1.26. The van der Waals surface area contributed by atoms with E-state index in [-0.39, 0.29) is 27.2 Å². The maximum Gasteiger partial charge on any atom is 0.407 e. The molecule has 2 heterocycles. The van der Waals surface area contributed by atoms with Crippen LogP contribution < -0.4 is 10.6 Å². The Morgan fingerprint density at radius 3 is 2.50 bits per heavy atom. The van der Waals surface area contributed by atoms with E-state index in [9.17, 15) is 18.4 Å². The Kier molecular flexibility index (Phi) is 10.5. The molecule has 0 bridgehead atoms. The lowest BCUT2D eigenvalue weighted by atomic mass is 9.92. The lowest BCUT2D eigenvalue weighted by Crippen LogP contribution is -2.49. The Morgan fingerprint density at radius 2 is 1.88 bits per heavy atom. The Morgan fingerprint density at radius 1 is 1.14 bits per heavy atom. The zero-order valence-electron chi connectivity index (χ0n) is 27.7. The van der Waals surface area contributed by atoms with E-state index in [1.807, 2.05) is 27.7 Å². The lowest BCUT2D eigenvalue weighted by Gasteiger charge is -2.33. The molecule has 50 heavy (non-hydrogen) atoms. The second kappa shape index (κ2) is 14.5. The van der Waals surface area contributed by atoms with Crippen LogP contribution in [-0.4, -0.2) is 66.1 Å². The second-order valence-corrected chi connectivity index (χ2v) is 13.8. The number of alkyl carbamates (subject to hydrolysis) is 1. The number of nitrogens with one attached hydrogen (secondary N) is 3. The molecule has 2 aromatic carbocycles. The van der Waals surface area contributed by atoms with E-state index in [2.05, 4.69) is 25.8 Å². The molecular formula is C33H36ClF4N9O3. The molecule has 0 radical (unpaired) electrons. The normalized spacial score (nSPS) is 14.3. The summed E-state index contributed by atoms with van der Waals surface area (Å²) >= 11 is 6.48. The monoisotopic (exact) mass is 717 g/mol. The van der Waals surface area contributed by atoms with Gasteiger partial charge in [0.1, 0.15) is 19.3 Å². The van der Waals surface area contributed by atoms with Crippen molar-refractivity contribution in [2.45, 2.75) is 65.1 Å². The Bertz CT molecular complexity index is 1870. The Labute approximate surface area is 290 Å². The summed E-state index contributed by atoms with van der Waals surface area (Å²) in [7, 11) is 0. The molecule has 1 atom stereocenters. The maximum atomic E-state index is 15.9. The van der Waals surface area contributed by atoms with Gasteiger partial charge in [-0.2, -0.15) is 19.0 Å². The SMILES string of the molecule is CC(C)(C)CCNC(=N)N(C(=O)c1ccc(-c2cnn(C(F)F)c2)c(F)c1F)[C@H](COC(=O)NC1(C)CC1)c1ccc(Cl)c(-n2cncn2)c1. The molecule has 0 unspecified atom stereocenters. The van der Waals surface area contributed by atoms with Crippen LogP contribution in [0.5, 0.6) is 0 Å². The van der Waals surface area contributed by atoms with Crippen LogP contribution in [0.4, 0.5) is 22.4 Å². The van der Waals surface area contributed by atoms with Crippen molar-refractivity contribution in [3.05, 3.63) is 83.2 Å². The standard InChI is InChI=1S/C33H36ClF4N9O3/c1-32(2,3)11-12-41-30(39)47(28(48)22-7-6-21(26(35)27(22)36)20-14-42-45(15-20)29(37)38)25(16-50-31(49)44-33(4)9-10-33)19-5-8-23(34)24(13-19)46-18-40-17-43-46/h5-8,13-15,17-18,25,29H,9-12,16H2,1-4H3,(H2,39,41)(H,44,49)/t25-/m1/s1. The topological polar surface area (TPSA) is 143 Å². The van der Waals surface area contributed by atoms with E-state index < -0.39 is 65.5 Å². The molecule has 1 aliphatic carbocycles. The van der Waals surface area contributed by atoms with Gasteiger partial charge < -0.3 is 15.4 Å². The number of alkyl halides is 2.